The highest BCUT2D eigenvalue weighted by Crippen LogP contribution is 2.51. The fourth-order valence-electron chi connectivity index (χ4n) is 5.43. The lowest BCUT2D eigenvalue weighted by Crippen LogP contribution is -2.15. The van der Waals surface area contributed by atoms with Crippen LogP contribution in [0.5, 0.6) is 28.7 Å². The third kappa shape index (κ3) is 5.44. The predicted molar refractivity (Wildman–Crippen MR) is 144 cm³/mol. The molecule has 3 aromatic rings. The van der Waals surface area contributed by atoms with Crippen LogP contribution in [0.2, 0.25) is 0 Å². The monoisotopic (exact) mass is 532 g/mol. The summed E-state index contributed by atoms with van der Waals surface area (Å²) >= 11 is 0. The molecule has 0 aliphatic carbocycles. The average Bonchev–Trinajstić information content (AvgIpc) is 3.56. The Bertz CT molecular complexity index is 1380. The van der Waals surface area contributed by atoms with Crippen molar-refractivity contribution in [3.63, 3.8) is 0 Å². The molecular formula is C31H32O8. The lowest BCUT2D eigenvalue weighted by Gasteiger charge is -2.19. The predicted octanol–water partition coefficient (Wildman–Crippen LogP) is 5.02. The number of carbonyl (C=O) groups excluding carboxylic acids is 1. The fraction of sp³-hybridized carbons (Fsp3) is 0.323. The first-order valence-corrected chi connectivity index (χ1v) is 12.8. The largest absolute Gasteiger partial charge is 0.504 e. The summed E-state index contributed by atoms with van der Waals surface area (Å²) in [7, 11) is 4.83. The normalized spacial score (nSPS) is 22.1. The number of aromatic hydroxyl groups is 2. The van der Waals surface area contributed by atoms with E-state index < -0.39 is 0 Å². The topological polar surface area (TPSA) is 104 Å². The molecule has 39 heavy (non-hydrogen) atoms. The summed E-state index contributed by atoms with van der Waals surface area (Å²) in [6.07, 6.45) is 2.98. The molecule has 2 N–H and O–H groups in total. The minimum atomic E-state index is -0.235. The van der Waals surface area contributed by atoms with Crippen molar-refractivity contribution in [1.29, 1.82) is 0 Å². The number of fused-ring (bicyclic) bond motifs is 1. The van der Waals surface area contributed by atoms with Crippen LogP contribution < -0.4 is 14.2 Å². The first-order valence-electron chi connectivity index (χ1n) is 12.8. The van der Waals surface area contributed by atoms with E-state index in [1.165, 1.54) is 18.2 Å². The molecule has 8 nitrogen and oxygen atoms in total. The van der Waals surface area contributed by atoms with Gasteiger partial charge >= 0.3 is 0 Å². The van der Waals surface area contributed by atoms with E-state index in [0.717, 1.165) is 16.7 Å². The van der Waals surface area contributed by atoms with E-state index in [4.69, 9.17) is 23.7 Å². The van der Waals surface area contributed by atoms with Gasteiger partial charge in [-0.2, -0.15) is 0 Å². The fourth-order valence-corrected chi connectivity index (χ4v) is 5.43. The van der Waals surface area contributed by atoms with Gasteiger partial charge in [-0.3, -0.25) is 4.79 Å². The Hall–Kier alpha value is -4.01. The van der Waals surface area contributed by atoms with E-state index in [-0.39, 0.29) is 47.7 Å². The lowest BCUT2D eigenvalue weighted by atomic mass is 9.84. The Morgan fingerprint density at radius 2 is 1.41 bits per heavy atom. The van der Waals surface area contributed by atoms with Gasteiger partial charge in [-0.05, 0) is 53.1 Å². The van der Waals surface area contributed by atoms with Gasteiger partial charge in [0.25, 0.3) is 0 Å². The van der Waals surface area contributed by atoms with Gasteiger partial charge in [0.1, 0.15) is 5.75 Å². The molecule has 2 aliphatic heterocycles. The number of phenolic OH excluding ortho intramolecular Hbond substituents is 2. The van der Waals surface area contributed by atoms with Crippen molar-refractivity contribution < 1.29 is 38.7 Å². The molecule has 0 amide bonds. The third-order valence-electron chi connectivity index (χ3n) is 7.47. The number of benzene rings is 3. The minimum absolute atomic E-state index is 0.0964. The van der Waals surface area contributed by atoms with E-state index >= 15 is 0 Å². The van der Waals surface area contributed by atoms with Crippen LogP contribution in [0.3, 0.4) is 0 Å². The number of rotatable bonds is 9. The Balaban J connectivity index is 1.28. The summed E-state index contributed by atoms with van der Waals surface area (Å²) in [5, 5.41) is 19.1. The molecule has 8 heteroatoms. The van der Waals surface area contributed by atoms with Crippen molar-refractivity contribution in [2.75, 3.05) is 34.5 Å². The van der Waals surface area contributed by atoms with Crippen molar-refractivity contribution in [1.82, 2.24) is 0 Å². The molecule has 5 rings (SSSR count). The Morgan fingerprint density at radius 1 is 0.795 bits per heavy atom. The Labute approximate surface area is 227 Å². The number of hydrogen-bond acceptors (Lipinski definition) is 8. The van der Waals surface area contributed by atoms with Gasteiger partial charge in [-0.1, -0.05) is 30.3 Å². The molecule has 204 valence electrons. The number of allylic oxidation sites excluding steroid dienone is 1. The van der Waals surface area contributed by atoms with Gasteiger partial charge in [-0.15, -0.1) is 0 Å². The molecular weight excluding hydrogens is 500 g/mol. The van der Waals surface area contributed by atoms with Crippen molar-refractivity contribution >= 4 is 11.9 Å². The highest BCUT2D eigenvalue weighted by molar-refractivity contribution is 5.95. The van der Waals surface area contributed by atoms with Gasteiger partial charge < -0.3 is 33.9 Å². The Morgan fingerprint density at radius 3 is 2.03 bits per heavy atom. The van der Waals surface area contributed by atoms with Crippen LogP contribution in [-0.2, 0) is 20.7 Å². The molecule has 0 aromatic heterocycles. The summed E-state index contributed by atoms with van der Waals surface area (Å²) in [6, 6.07) is 16.1. The van der Waals surface area contributed by atoms with Crippen LogP contribution in [0.25, 0.3) is 6.08 Å². The Kier molecular flexibility index (Phi) is 7.77. The molecule has 2 fully saturated rings. The van der Waals surface area contributed by atoms with Gasteiger partial charge in [0.15, 0.2) is 28.8 Å². The number of hydrogen-bond donors (Lipinski definition) is 2. The van der Waals surface area contributed by atoms with Crippen LogP contribution in [0, 0.1) is 11.8 Å². The van der Waals surface area contributed by atoms with Crippen molar-refractivity contribution in [3.05, 3.63) is 82.9 Å². The zero-order valence-electron chi connectivity index (χ0n) is 22.1. The van der Waals surface area contributed by atoms with E-state index in [2.05, 4.69) is 0 Å². The quantitative estimate of drug-likeness (QED) is 0.292. The third-order valence-corrected chi connectivity index (χ3v) is 7.47. The molecule has 2 saturated heterocycles. The summed E-state index contributed by atoms with van der Waals surface area (Å²) in [4.78, 5) is 12.6. The standard InChI is InChI=1S/C31H32O8/c1-35-27-11-8-21(15-29(27)37-3)31-24-17-38-30(23(24)16-39-31)20-7-6-19(28(14-20)36-2)13-22(32)9-4-18-5-10-25(33)26(34)12-18/h4-12,14-15,23-24,30-31,33-34H,13,16-17H2,1-3H3. The molecule has 4 unspecified atom stereocenters. The maximum absolute atomic E-state index is 12.6. The molecule has 2 heterocycles. The van der Waals surface area contributed by atoms with Gasteiger partial charge in [0.05, 0.1) is 46.8 Å². The highest BCUT2D eigenvalue weighted by atomic mass is 16.5. The van der Waals surface area contributed by atoms with Crippen LogP contribution >= 0.6 is 0 Å². The smallest absolute Gasteiger partial charge is 0.161 e. The number of methoxy groups -OCH3 is 3. The zero-order chi connectivity index (χ0) is 27.5. The summed E-state index contributed by atoms with van der Waals surface area (Å²) in [6.45, 7) is 1.16. The number of phenols is 2. The van der Waals surface area contributed by atoms with Crippen molar-refractivity contribution in [2.24, 2.45) is 11.8 Å². The van der Waals surface area contributed by atoms with Crippen LogP contribution in [0.4, 0.5) is 0 Å². The first-order chi connectivity index (χ1) is 18.9. The van der Waals surface area contributed by atoms with Crippen LogP contribution in [-0.4, -0.2) is 50.5 Å². The molecule has 0 saturated carbocycles. The van der Waals surface area contributed by atoms with Gasteiger partial charge in [-0.25, -0.2) is 0 Å². The maximum Gasteiger partial charge on any atom is 0.161 e. The maximum atomic E-state index is 12.6. The second-order valence-electron chi connectivity index (χ2n) is 9.75. The van der Waals surface area contributed by atoms with Gasteiger partial charge in [0.2, 0.25) is 0 Å². The minimum Gasteiger partial charge on any atom is -0.504 e. The number of ether oxygens (including phenoxy) is 5. The second-order valence-corrected chi connectivity index (χ2v) is 9.75. The molecule has 0 spiro atoms. The molecule has 2 aliphatic rings. The molecule has 3 aromatic carbocycles. The lowest BCUT2D eigenvalue weighted by molar-refractivity contribution is -0.114. The second kappa shape index (κ2) is 11.4. The van der Waals surface area contributed by atoms with Crippen LogP contribution in [0.1, 0.15) is 34.5 Å². The molecule has 4 atom stereocenters. The average molecular weight is 533 g/mol. The van der Waals surface area contributed by atoms with Crippen LogP contribution in [0.15, 0.2) is 60.7 Å². The molecule has 0 radical (unpaired) electrons. The van der Waals surface area contributed by atoms with Gasteiger partial charge in [0, 0.05) is 23.8 Å². The first kappa shape index (κ1) is 26.6. The van der Waals surface area contributed by atoms with E-state index in [1.807, 2.05) is 36.4 Å². The summed E-state index contributed by atoms with van der Waals surface area (Å²) in [5.74, 6) is 1.80. The van der Waals surface area contributed by atoms with E-state index in [0.29, 0.717) is 36.0 Å². The summed E-state index contributed by atoms with van der Waals surface area (Å²) in [5.41, 5.74) is 3.40. The molecule has 0 bridgehead atoms. The van der Waals surface area contributed by atoms with E-state index in [9.17, 15) is 15.0 Å². The van der Waals surface area contributed by atoms with Crippen molar-refractivity contribution in [2.45, 2.75) is 18.6 Å². The highest BCUT2D eigenvalue weighted by Gasteiger charge is 2.48. The number of ketones is 1. The zero-order valence-corrected chi connectivity index (χ0v) is 22.1. The van der Waals surface area contributed by atoms with E-state index in [1.54, 1.807) is 33.5 Å². The van der Waals surface area contributed by atoms with Crippen molar-refractivity contribution in [3.8, 4) is 28.7 Å². The SMILES string of the molecule is COc1cc(C2OCC3C(c4ccc(OC)c(OC)c4)OCC23)ccc1CC(=O)C=Cc1ccc(O)c(O)c1. The summed E-state index contributed by atoms with van der Waals surface area (Å²) < 4.78 is 29.0. The number of carbonyl (C=O) groups is 1.